The van der Waals surface area contributed by atoms with Crippen molar-refractivity contribution < 1.29 is 32.2 Å². The van der Waals surface area contributed by atoms with E-state index >= 15 is 0 Å². The Morgan fingerprint density at radius 3 is 2.74 bits per heavy atom. The lowest BCUT2D eigenvalue weighted by atomic mass is 10.3. The Morgan fingerprint density at radius 2 is 2.13 bits per heavy atom. The van der Waals surface area contributed by atoms with Gasteiger partial charge in [0.2, 0.25) is 11.8 Å². The zero-order valence-electron chi connectivity index (χ0n) is 11.9. The molecule has 2 rings (SSSR count). The van der Waals surface area contributed by atoms with E-state index in [0.29, 0.717) is 19.4 Å². The van der Waals surface area contributed by atoms with E-state index < -0.39 is 18.0 Å². The average Bonchev–Trinajstić information content (AvgIpc) is 2.96. The number of carbonyl (C=O) groups excluding carboxylic acids is 1. The maximum absolute atomic E-state index is 12.5. The molecule has 10 heteroatoms. The number of amides is 1. The minimum Gasteiger partial charge on any atom is -0.475 e. The zero-order valence-corrected chi connectivity index (χ0v) is 12.6. The molecule has 0 spiro atoms. The van der Waals surface area contributed by atoms with E-state index in [-0.39, 0.29) is 36.4 Å². The number of alkyl halides is 3. The van der Waals surface area contributed by atoms with Crippen LogP contribution in [-0.4, -0.2) is 43.5 Å². The van der Waals surface area contributed by atoms with Gasteiger partial charge < -0.3 is 19.5 Å². The predicted molar refractivity (Wildman–Crippen MR) is 73.1 cm³/mol. The number of pyridine rings is 1. The van der Waals surface area contributed by atoms with Gasteiger partial charge in [-0.05, 0) is 6.07 Å². The van der Waals surface area contributed by atoms with Crippen LogP contribution in [0.3, 0.4) is 0 Å². The SMILES string of the molecule is O=C(CC1OCCO1)NCCOc1ncc(C(F)(F)F)cc1Cl. The number of rotatable bonds is 6. The van der Waals surface area contributed by atoms with Gasteiger partial charge in [-0.2, -0.15) is 13.2 Å². The van der Waals surface area contributed by atoms with Gasteiger partial charge in [0.05, 0.1) is 31.7 Å². The van der Waals surface area contributed by atoms with Crippen LogP contribution in [0.15, 0.2) is 12.3 Å². The van der Waals surface area contributed by atoms with Gasteiger partial charge in [-0.1, -0.05) is 11.6 Å². The standard InChI is InChI=1S/C13H14ClF3N2O4/c14-9-5-8(13(15,16)17)7-19-12(9)23-2-1-18-10(20)6-11-21-3-4-22-11/h5,7,11H,1-4,6H2,(H,18,20). The molecule has 1 amide bonds. The Balaban J connectivity index is 1.72. The van der Waals surface area contributed by atoms with E-state index in [4.69, 9.17) is 25.8 Å². The molecule has 0 radical (unpaired) electrons. The minimum absolute atomic E-state index is 0.0101. The second-order valence-electron chi connectivity index (χ2n) is 4.58. The van der Waals surface area contributed by atoms with Gasteiger partial charge in [0, 0.05) is 6.20 Å². The number of nitrogens with zero attached hydrogens (tertiary/aromatic N) is 1. The quantitative estimate of drug-likeness (QED) is 0.791. The normalized spacial score (nSPS) is 15.7. The summed E-state index contributed by atoms with van der Waals surface area (Å²) in [6.07, 6.45) is -4.36. The maximum atomic E-state index is 12.5. The van der Waals surface area contributed by atoms with Crippen molar-refractivity contribution in [1.29, 1.82) is 0 Å². The summed E-state index contributed by atoms with van der Waals surface area (Å²) in [5.74, 6) is -0.414. The van der Waals surface area contributed by atoms with Crippen molar-refractivity contribution in [2.75, 3.05) is 26.4 Å². The Morgan fingerprint density at radius 1 is 1.43 bits per heavy atom. The van der Waals surface area contributed by atoms with Crippen molar-refractivity contribution in [2.24, 2.45) is 0 Å². The fourth-order valence-corrected chi connectivity index (χ4v) is 1.99. The summed E-state index contributed by atoms with van der Waals surface area (Å²) in [4.78, 5) is 15.1. The summed E-state index contributed by atoms with van der Waals surface area (Å²) >= 11 is 5.68. The summed E-state index contributed by atoms with van der Waals surface area (Å²) in [5, 5.41) is 2.31. The highest BCUT2D eigenvalue weighted by molar-refractivity contribution is 6.31. The van der Waals surface area contributed by atoms with Gasteiger partial charge >= 0.3 is 6.18 Å². The third-order valence-corrected chi connectivity index (χ3v) is 3.11. The van der Waals surface area contributed by atoms with Crippen molar-refractivity contribution in [2.45, 2.75) is 18.9 Å². The largest absolute Gasteiger partial charge is 0.475 e. The molecule has 1 fully saturated rings. The molecular weight excluding hydrogens is 341 g/mol. The lowest BCUT2D eigenvalue weighted by Gasteiger charge is -2.11. The molecule has 1 saturated heterocycles. The summed E-state index contributed by atoms with van der Waals surface area (Å²) in [5.41, 5.74) is -0.959. The summed E-state index contributed by atoms with van der Waals surface area (Å²) in [7, 11) is 0. The molecule has 0 bridgehead atoms. The molecule has 2 heterocycles. The third kappa shape index (κ3) is 5.52. The van der Waals surface area contributed by atoms with E-state index in [1.165, 1.54) is 0 Å². The fourth-order valence-electron chi connectivity index (χ4n) is 1.77. The van der Waals surface area contributed by atoms with E-state index in [2.05, 4.69) is 10.3 Å². The average molecular weight is 355 g/mol. The molecule has 1 aliphatic rings. The van der Waals surface area contributed by atoms with Crippen LogP contribution in [0.4, 0.5) is 13.2 Å². The number of aromatic nitrogens is 1. The first-order valence-corrected chi connectivity index (χ1v) is 7.09. The van der Waals surface area contributed by atoms with Crippen molar-refractivity contribution in [3.8, 4) is 5.88 Å². The number of halogens is 4. The van der Waals surface area contributed by atoms with Gasteiger partial charge in [0.15, 0.2) is 6.29 Å². The Labute approximate surface area is 134 Å². The monoisotopic (exact) mass is 354 g/mol. The van der Waals surface area contributed by atoms with Gasteiger partial charge in [-0.3, -0.25) is 4.79 Å². The molecule has 0 saturated carbocycles. The Hall–Kier alpha value is -1.58. The van der Waals surface area contributed by atoms with Gasteiger partial charge in [-0.15, -0.1) is 0 Å². The lowest BCUT2D eigenvalue weighted by molar-refractivity contribution is -0.138. The molecule has 23 heavy (non-hydrogen) atoms. The summed E-state index contributed by atoms with van der Waals surface area (Å²) in [6.45, 7) is 1.07. The molecule has 0 unspecified atom stereocenters. The van der Waals surface area contributed by atoms with Crippen molar-refractivity contribution in [1.82, 2.24) is 10.3 Å². The molecule has 128 valence electrons. The van der Waals surface area contributed by atoms with Crippen LogP contribution in [0.2, 0.25) is 5.02 Å². The van der Waals surface area contributed by atoms with Gasteiger partial charge in [0.1, 0.15) is 11.6 Å². The number of ether oxygens (including phenoxy) is 3. The van der Waals surface area contributed by atoms with E-state index in [1.807, 2.05) is 0 Å². The first kappa shape index (κ1) is 17.8. The number of nitrogens with one attached hydrogen (secondary N) is 1. The highest BCUT2D eigenvalue weighted by Crippen LogP contribution is 2.32. The van der Waals surface area contributed by atoms with Crippen molar-refractivity contribution in [3.63, 3.8) is 0 Å². The zero-order chi connectivity index (χ0) is 16.9. The molecule has 0 atom stereocenters. The first-order chi connectivity index (χ1) is 10.9. The Bertz CT molecular complexity index is 551. The topological polar surface area (TPSA) is 69.7 Å². The smallest absolute Gasteiger partial charge is 0.417 e. The van der Waals surface area contributed by atoms with Crippen LogP contribution in [-0.2, 0) is 20.4 Å². The predicted octanol–water partition coefficient (Wildman–Crippen LogP) is 2.01. The van der Waals surface area contributed by atoms with Crippen LogP contribution >= 0.6 is 11.6 Å². The molecule has 1 N–H and O–H groups in total. The van der Waals surface area contributed by atoms with E-state index in [9.17, 15) is 18.0 Å². The molecule has 0 aliphatic carbocycles. The summed E-state index contributed by atoms with van der Waals surface area (Å²) in [6, 6.07) is 0.733. The first-order valence-electron chi connectivity index (χ1n) is 6.71. The highest BCUT2D eigenvalue weighted by atomic mass is 35.5. The Kier molecular flexibility index (Phi) is 6.03. The molecule has 1 aromatic rings. The molecular formula is C13H14ClF3N2O4. The molecule has 1 aliphatic heterocycles. The number of carbonyl (C=O) groups is 1. The van der Waals surface area contributed by atoms with Crippen LogP contribution < -0.4 is 10.1 Å². The molecule has 0 aromatic carbocycles. The highest BCUT2D eigenvalue weighted by Gasteiger charge is 2.31. The van der Waals surface area contributed by atoms with E-state index in [0.717, 1.165) is 6.07 Å². The lowest BCUT2D eigenvalue weighted by Crippen LogP contribution is -2.31. The van der Waals surface area contributed by atoms with Crippen LogP contribution in [0, 0.1) is 0 Å². The van der Waals surface area contributed by atoms with Gasteiger partial charge in [0.25, 0.3) is 0 Å². The van der Waals surface area contributed by atoms with E-state index in [1.54, 1.807) is 0 Å². The van der Waals surface area contributed by atoms with Crippen LogP contribution in [0.25, 0.3) is 0 Å². The molecule has 6 nitrogen and oxygen atoms in total. The number of hydrogen-bond acceptors (Lipinski definition) is 5. The number of hydrogen-bond donors (Lipinski definition) is 1. The van der Waals surface area contributed by atoms with Crippen LogP contribution in [0.1, 0.15) is 12.0 Å². The van der Waals surface area contributed by atoms with Crippen molar-refractivity contribution in [3.05, 3.63) is 22.8 Å². The second kappa shape index (κ2) is 7.80. The van der Waals surface area contributed by atoms with Crippen molar-refractivity contribution >= 4 is 17.5 Å². The second-order valence-corrected chi connectivity index (χ2v) is 4.99. The maximum Gasteiger partial charge on any atom is 0.417 e. The third-order valence-electron chi connectivity index (χ3n) is 2.84. The summed E-state index contributed by atoms with van der Waals surface area (Å²) < 4.78 is 52.7. The minimum atomic E-state index is -4.52. The van der Waals surface area contributed by atoms with Gasteiger partial charge in [-0.25, -0.2) is 4.98 Å². The van der Waals surface area contributed by atoms with Crippen LogP contribution in [0.5, 0.6) is 5.88 Å². The fraction of sp³-hybridized carbons (Fsp3) is 0.538. The molecule has 1 aromatic heterocycles.